The Hall–Kier alpha value is -2.09. The third kappa shape index (κ3) is 4.96. The Morgan fingerprint density at radius 3 is 2.50 bits per heavy atom. The molecule has 3 aliphatic rings. The van der Waals surface area contributed by atoms with Crippen LogP contribution in [0, 0.1) is 5.92 Å². The van der Waals surface area contributed by atoms with Gasteiger partial charge in [0.2, 0.25) is 0 Å². The smallest absolute Gasteiger partial charge is 0.410 e. The van der Waals surface area contributed by atoms with Crippen LogP contribution in [0.15, 0.2) is 10.6 Å². The first kappa shape index (κ1) is 21.2. The van der Waals surface area contributed by atoms with Crippen molar-refractivity contribution in [2.45, 2.75) is 77.0 Å². The van der Waals surface area contributed by atoms with E-state index in [1.54, 1.807) is 6.07 Å². The fourth-order valence-corrected chi connectivity index (χ4v) is 4.43. The molecule has 2 aliphatic heterocycles. The van der Waals surface area contributed by atoms with Crippen LogP contribution in [-0.2, 0) is 4.74 Å². The molecule has 1 saturated carbocycles. The van der Waals surface area contributed by atoms with E-state index in [1.807, 2.05) is 25.7 Å². The van der Waals surface area contributed by atoms with Crippen LogP contribution in [0.5, 0.6) is 0 Å². The SMILES string of the molecule is C[C@H]1CN(C2CCN(C(=O)OC(C)(C)C)CC2)C[C@H]1NC(=O)c1cc(C2CC2)on1. The minimum atomic E-state index is -0.465. The Labute approximate surface area is 178 Å². The summed E-state index contributed by atoms with van der Waals surface area (Å²) in [5.41, 5.74) is -0.0827. The van der Waals surface area contributed by atoms with Crippen molar-refractivity contribution < 1.29 is 18.8 Å². The molecule has 8 nitrogen and oxygen atoms in total. The normalized spacial score (nSPS) is 26.1. The zero-order valence-corrected chi connectivity index (χ0v) is 18.5. The highest BCUT2D eigenvalue weighted by atomic mass is 16.6. The summed E-state index contributed by atoms with van der Waals surface area (Å²) in [7, 11) is 0. The maximum absolute atomic E-state index is 12.6. The van der Waals surface area contributed by atoms with Crippen molar-refractivity contribution in [1.29, 1.82) is 0 Å². The Balaban J connectivity index is 1.26. The number of likely N-dealkylation sites (tertiary alicyclic amines) is 2. The molecule has 2 saturated heterocycles. The van der Waals surface area contributed by atoms with Gasteiger partial charge in [-0.1, -0.05) is 12.1 Å². The minimum absolute atomic E-state index is 0.0995. The van der Waals surface area contributed by atoms with E-state index in [9.17, 15) is 9.59 Å². The van der Waals surface area contributed by atoms with E-state index in [0.717, 1.165) is 44.5 Å². The molecule has 30 heavy (non-hydrogen) atoms. The molecule has 1 aliphatic carbocycles. The number of carbonyl (C=O) groups excluding carboxylic acids is 2. The van der Waals surface area contributed by atoms with Gasteiger partial charge < -0.3 is 19.5 Å². The van der Waals surface area contributed by atoms with Gasteiger partial charge in [-0.25, -0.2) is 4.79 Å². The Bertz CT molecular complexity index is 774. The van der Waals surface area contributed by atoms with Crippen molar-refractivity contribution >= 4 is 12.0 Å². The minimum Gasteiger partial charge on any atom is -0.444 e. The Morgan fingerprint density at radius 2 is 1.87 bits per heavy atom. The summed E-state index contributed by atoms with van der Waals surface area (Å²) >= 11 is 0. The lowest BCUT2D eigenvalue weighted by molar-refractivity contribution is 0.0153. The lowest BCUT2D eigenvalue weighted by Gasteiger charge is -2.37. The van der Waals surface area contributed by atoms with Crippen LogP contribution >= 0.6 is 0 Å². The topological polar surface area (TPSA) is 87.9 Å². The third-order valence-electron chi connectivity index (χ3n) is 6.33. The van der Waals surface area contributed by atoms with Gasteiger partial charge in [0.15, 0.2) is 5.69 Å². The summed E-state index contributed by atoms with van der Waals surface area (Å²) < 4.78 is 10.8. The average Bonchev–Trinajstić information content (AvgIpc) is 3.30. The average molecular weight is 419 g/mol. The monoisotopic (exact) mass is 418 g/mol. The van der Waals surface area contributed by atoms with Gasteiger partial charge in [-0.15, -0.1) is 0 Å². The molecular weight excluding hydrogens is 384 g/mol. The van der Waals surface area contributed by atoms with E-state index < -0.39 is 5.60 Å². The summed E-state index contributed by atoms with van der Waals surface area (Å²) in [5, 5.41) is 7.11. The Morgan fingerprint density at radius 1 is 1.17 bits per heavy atom. The van der Waals surface area contributed by atoms with Gasteiger partial charge in [0.25, 0.3) is 5.91 Å². The van der Waals surface area contributed by atoms with Crippen molar-refractivity contribution in [2.75, 3.05) is 26.2 Å². The van der Waals surface area contributed by atoms with Gasteiger partial charge in [-0.05, 0) is 52.4 Å². The van der Waals surface area contributed by atoms with Gasteiger partial charge in [0, 0.05) is 50.2 Å². The largest absolute Gasteiger partial charge is 0.444 e. The van der Waals surface area contributed by atoms with Crippen LogP contribution in [0.3, 0.4) is 0 Å². The molecule has 0 radical (unpaired) electrons. The lowest BCUT2D eigenvalue weighted by atomic mass is 10.0. The van der Waals surface area contributed by atoms with Gasteiger partial charge in [0.05, 0.1) is 0 Å². The molecule has 4 rings (SSSR count). The Kier molecular flexibility index (Phi) is 5.79. The van der Waals surface area contributed by atoms with E-state index in [4.69, 9.17) is 9.26 Å². The second-order valence-corrected chi connectivity index (χ2v) is 10.1. The molecule has 3 fully saturated rings. The van der Waals surface area contributed by atoms with Crippen LogP contribution in [0.4, 0.5) is 4.79 Å². The van der Waals surface area contributed by atoms with E-state index in [2.05, 4.69) is 22.3 Å². The first-order valence-electron chi connectivity index (χ1n) is 11.2. The third-order valence-corrected chi connectivity index (χ3v) is 6.33. The second-order valence-electron chi connectivity index (χ2n) is 10.1. The number of nitrogens with one attached hydrogen (secondary N) is 1. The predicted molar refractivity (Wildman–Crippen MR) is 111 cm³/mol. The number of hydrogen-bond donors (Lipinski definition) is 1. The molecule has 3 heterocycles. The quantitative estimate of drug-likeness (QED) is 0.809. The summed E-state index contributed by atoms with van der Waals surface area (Å²) in [4.78, 5) is 29.2. The summed E-state index contributed by atoms with van der Waals surface area (Å²) in [6.45, 7) is 11.1. The van der Waals surface area contributed by atoms with Crippen LogP contribution < -0.4 is 5.32 Å². The maximum atomic E-state index is 12.6. The number of nitrogens with zero attached hydrogens (tertiary/aromatic N) is 3. The number of carbonyl (C=O) groups is 2. The van der Waals surface area contributed by atoms with Crippen LogP contribution in [0.25, 0.3) is 0 Å². The zero-order valence-electron chi connectivity index (χ0n) is 18.5. The van der Waals surface area contributed by atoms with Gasteiger partial charge >= 0.3 is 6.09 Å². The highest BCUT2D eigenvalue weighted by molar-refractivity contribution is 5.92. The molecule has 1 aromatic heterocycles. The van der Waals surface area contributed by atoms with Gasteiger partial charge in [-0.2, -0.15) is 0 Å². The van der Waals surface area contributed by atoms with Crippen molar-refractivity contribution in [3.05, 3.63) is 17.5 Å². The lowest BCUT2D eigenvalue weighted by Crippen LogP contribution is -2.48. The van der Waals surface area contributed by atoms with Crippen molar-refractivity contribution in [3.63, 3.8) is 0 Å². The standard InChI is InChI=1S/C22H34N4O4/c1-14-12-26(16-7-9-25(10-8-16)21(28)29-22(2,3)4)13-18(14)23-20(27)17-11-19(30-24-17)15-5-6-15/h11,14-16,18H,5-10,12-13H2,1-4H3,(H,23,27)/t14-,18+/m0/s1. The van der Waals surface area contributed by atoms with Gasteiger partial charge in [-0.3, -0.25) is 9.69 Å². The number of ether oxygens (including phenoxy) is 1. The van der Waals surface area contributed by atoms with Crippen molar-refractivity contribution in [1.82, 2.24) is 20.3 Å². The number of hydrogen-bond acceptors (Lipinski definition) is 6. The molecule has 2 atom stereocenters. The molecule has 0 bridgehead atoms. The molecule has 0 aromatic carbocycles. The van der Waals surface area contributed by atoms with E-state index in [1.165, 1.54) is 0 Å². The van der Waals surface area contributed by atoms with Crippen LogP contribution in [-0.4, -0.2) is 70.8 Å². The molecule has 2 amide bonds. The van der Waals surface area contributed by atoms with Crippen molar-refractivity contribution in [3.8, 4) is 0 Å². The molecule has 1 aromatic rings. The first-order valence-corrected chi connectivity index (χ1v) is 11.2. The summed E-state index contributed by atoms with van der Waals surface area (Å²) in [6.07, 6.45) is 3.88. The second kappa shape index (κ2) is 8.21. The molecule has 8 heteroatoms. The number of amides is 2. The fourth-order valence-electron chi connectivity index (χ4n) is 4.43. The zero-order chi connectivity index (χ0) is 21.5. The van der Waals surface area contributed by atoms with E-state index in [-0.39, 0.29) is 18.0 Å². The molecule has 0 spiro atoms. The maximum Gasteiger partial charge on any atom is 0.410 e. The molecule has 1 N–H and O–H groups in total. The van der Waals surface area contributed by atoms with Crippen LogP contribution in [0.1, 0.15) is 75.5 Å². The van der Waals surface area contributed by atoms with Crippen LogP contribution in [0.2, 0.25) is 0 Å². The van der Waals surface area contributed by atoms with E-state index in [0.29, 0.717) is 36.7 Å². The first-order chi connectivity index (χ1) is 14.2. The molecular formula is C22H34N4O4. The fraction of sp³-hybridized carbons (Fsp3) is 0.773. The number of rotatable bonds is 4. The highest BCUT2D eigenvalue weighted by Crippen LogP contribution is 2.40. The van der Waals surface area contributed by atoms with E-state index >= 15 is 0 Å². The molecule has 0 unspecified atom stereocenters. The predicted octanol–water partition coefficient (Wildman–Crippen LogP) is 3.00. The molecule has 166 valence electrons. The number of aromatic nitrogens is 1. The summed E-state index contributed by atoms with van der Waals surface area (Å²) in [5.74, 6) is 1.50. The number of piperidine rings is 1. The highest BCUT2D eigenvalue weighted by Gasteiger charge is 2.37. The summed E-state index contributed by atoms with van der Waals surface area (Å²) in [6, 6.07) is 2.32. The van der Waals surface area contributed by atoms with Crippen molar-refractivity contribution in [2.24, 2.45) is 5.92 Å². The van der Waals surface area contributed by atoms with Gasteiger partial charge in [0.1, 0.15) is 11.4 Å².